The van der Waals surface area contributed by atoms with E-state index in [-0.39, 0.29) is 12.2 Å². The van der Waals surface area contributed by atoms with Crippen molar-refractivity contribution in [1.29, 1.82) is 0 Å². The number of carbonyl (C=O) groups is 4. The molecule has 1 heterocycles. The van der Waals surface area contributed by atoms with Crippen LogP contribution < -0.4 is 5.32 Å². The summed E-state index contributed by atoms with van der Waals surface area (Å²) >= 11 is 0. The lowest BCUT2D eigenvalue weighted by Crippen LogP contribution is -2.70. The Morgan fingerprint density at radius 2 is 1.79 bits per heavy atom. The number of alkyl halides is 1. The summed E-state index contributed by atoms with van der Waals surface area (Å²) in [5.74, 6) is -2.96. The Morgan fingerprint density at radius 3 is 2.50 bits per heavy atom. The van der Waals surface area contributed by atoms with Crippen molar-refractivity contribution in [3.05, 3.63) is 23.8 Å². The molecule has 266 valence electrons. The van der Waals surface area contributed by atoms with Crippen LogP contribution in [0.5, 0.6) is 0 Å². The Labute approximate surface area is 281 Å². The lowest BCUT2D eigenvalue weighted by Gasteiger charge is -2.62. The predicted molar refractivity (Wildman–Crippen MR) is 169 cm³/mol. The molecule has 0 radical (unpaired) electrons. The number of alkyl carbamates (subject to hydrolysis) is 1. The number of allylic oxidation sites excluding steroid dienone is 4. The van der Waals surface area contributed by atoms with E-state index in [9.17, 15) is 24.3 Å². The molecule has 12 heteroatoms. The van der Waals surface area contributed by atoms with E-state index in [2.05, 4.69) is 5.32 Å². The van der Waals surface area contributed by atoms with E-state index in [1.54, 1.807) is 47.6 Å². The minimum absolute atomic E-state index is 0.0957. The molecule has 10 atom stereocenters. The first kappa shape index (κ1) is 35.0. The van der Waals surface area contributed by atoms with Gasteiger partial charge in [-0.1, -0.05) is 25.0 Å². The van der Waals surface area contributed by atoms with E-state index >= 15 is 4.39 Å². The molecule has 1 amide bonds. The zero-order valence-corrected chi connectivity index (χ0v) is 29.1. The number of ether oxygens (including phenoxy) is 5. The number of Topliss-reactive ketones (excluding diaryl/α,β-unsaturated/α-hetero) is 1. The van der Waals surface area contributed by atoms with Crippen LogP contribution in [-0.2, 0) is 33.3 Å². The van der Waals surface area contributed by atoms with Crippen molar-refractivity contribution in [2.75, 3.05) is 6.61 Å². The summed E-state index contributed by atoms with van der Waals surface area (Å²) in [7, 11) is 0. The van der Waals surface area contributed by atoms with Crippen molar-refractivity contribution in [3.63, 3.8) is 0 Å². The van der Waals surface area contributed by atoms with Crippen molar-refractivity contribution in [2.45, 2.75) is 147 Å². The van der Waals surface area contributed by atoms with Crippen LogP contribution >= 0.6 is 0 Å². The number of ketones is 2. The number of hydrogen-bond acceptors (Lipinski definition) is 10. The number of aliphatic hydroxyl groups excluding tert-OH is 1. The van der Waals surface area contributed by atoms with E-state index < -0.39 is 94.3 Å². The van der Waals surface area contributed by atoms with Gasteiger partial charge in [0.1, 0.15) is 11.7 Å². The minimum Gasteiger partial charge on any atom is -0.444 e. The average Bonchev–Trinajstić information content (AvgIpc) is 3.38. The first-order valence-electron chi connectivity index (χ1n) is 17.3. The Bertz CT molecular complexity index is 1440. The maximum atomic E-state index is 17.6. The molecule has 4 saturated carbocycles. The van der Waals surface area contributed by atoms with Crippen LogP contribution in [0.25, 0.3) is 0 Å². The highest BCUT2D eigenvalue weighted by Crippen LogP contribution is 2.72. The Kier molecular flexibility index (Phi) is 8.48. The number of rotatable bonds is 5. The molecule has 0 aromatic rings. The van der Waals surface area contributed by atoms with E-state index in [1.165, 1.54) is 12.2 Å². The molecule has 0 spiro atoms. The van der Waals surface area contributed by atoms with Gasteiger partial charge in [-0.25, -0.2) is 14.0 Å². The van der Waals surface area contributed by atoms with Gasteiger partial charge in [-0.2, -0.15) is 0 Å². The van der Waals surface area contributed by atoms with Crippen molar-refractivity contribution in [3.8, 4) is 0 Å². The van der Waals surface area contributed by atoms with E-state index in [1.807, 2.05) is 6.92 Å². The highest BCUT2D eigenvalue weighted by atomic mass is 19.1. The zero-order chi connectivity index (χ0) is 35.1. The molecular formula is C36H50FNO10. The van der Waals surface area contributed by atoms with E-state index in [0.717, 1.165) is 12.8 Å². The summed E-state index contributed by atoms with van der Waals surface area (Å²) in [6, 6.07) is -0.476. The van der Waals surface area contributed by atoms with Crippen LogP contribution in [0, 0.1) is 22.7 Å². The zero-order valence-electron chi connectivity index (χ0n) is 29.1. The minimum atomic E-state index is -2.08. The molecule has 1 saturated heterocycles. The van der Waals surface area contributed by atoms with Gasteiger partial charge in [0.2, 0.25) is 5.78 Å². The normalized spacial score (nSPS) is 42.8. The fourth-order valence-corrected chi connectivity index (χ4v) is 10.1. The molecular weight excluding hydrogens is 625 g/mol. The molecule has 0 bridgehead atoms. The molecule has 0 aromatic heterocycles. The Balaban J connectivity index is 1.20. The first-order valence-corrected chi connectivity index (χ1v) is 17.3. The summed E-state index contributed by atoms with van der Waals surface area (Å²) in [6.07, 6.45) is 3.69. The smallest absolute Gasteiger partial charge is 0.444 e. The SMILES string of the molecule is CC(C)(C)OC(=O)N[C@H]1CCCC[C@@H]1OC(=O)OCC(=O)[C@@]12OC(C)(C)O[C@@H]1C[C@H]1[C@@H]3CCC4=CC(=O)C=C[C@]4(C)[C@@]3(F)[C@@H](O)C[C@@]12C. The van der Waals surface area contributed by atoms with Crippen LogP contribution in [0.2, 0.25) is 0 Å². The third kappa shape index (κ3) is 5.41. The van der Waals surface area contributed by atoms with Gasteiger partial charge >= 0.3 is 12.2 Å². The first-order chi connectivity index (χ1) is 22.3. The monoisotopic (exact) mass is 675 g/mol. The maximum absolute atomic E-state index is 17.6. The van der Waals surface area contributed by atoms with E-state index in [0.29, 0.717) is 37.7 Å². The van der Waals surface area contributed by atoms with Crippen LogP contribution in [0.15, 0.2) is 23.8 Å². The van der Waals surface area contributed by atoms with Gasteiger partial charge in [0, 0.05) is 16.7 Å². The van der Waals surface area contributed by atoms with Crippen molar-refractivity contribution < 1.29 is 52.4 Å². The predicted octanol–water partition coefficient (Wildman–Crippen LogP) is 5.42. The molecule has 5 aliphatic carbocycles. The largest absolute Gasteiger partial charge is 0.509 e. The average molecular weight is 676 g/mol. The number of fused-ring (bicyclic) bond motifs is 7. The second-order valence-electron chi connectivity index (χ2n) is 16.5. The van der Waals surface area contributed by atoms with Gasteiger partial charge in [-0.05, 0) is 105 Å². The number of nitrogens with one attached hydrogen (secondary N) is 1. The van der Waals surface area contributed by atoms with Gasteiger partial charge in [0.05, 0.1) is 18.2 Å². The van der Waals surface area contributed by atoms with Crippen LogP contribution in [0.3, 0.4) is 0 Å². The molecule has 2 N–H and O–H groups in total. The van der Waals surface area contributed by atoms with Gasteiger partial charge in [-0.3, -0.25) is 9.59 Å². The highest BCUT2D eigenvalue weighted by molar-refractivity contribution is 6.01. The van der Waals surface area contributed by atoms with Crippen LogP contribution in [0.4, 0.5) is 14.0 Å². The number of halogens is 1. The topological polar surface area (TPSA) is 147 Å². The summed E-state index contributed by atoms with van der Waals surface area (Å²) in [4.78, 5) is 52.0. The number of carbonyl (C=O) groups excluding carboxylic acids is 4. The molecule has 6 aliphatic rings. The second kappa shape index (κ2) is 11.6. The van der Waals surface area contributed by atoms with Gasteiger partial charge in [0.15, 0.2) is 29.4 Å². The molecule has 1 aliphatic heterocycles. The van der Waals surface area contributed by atoms with Crippen molar-refractivity contribution in [2.24, 2.45) is 22.7 Å². The van der Waals surface area contributed by atoms with E-state index in [4.69, 9.17) is 23.7 Å². The van der Waals surface area contributed by atoms with Crippen molar-refractivity contribution >= 4 is 23.8 Å². The van der Waals surface area contributed by atoms with Crippen molar-refractivity contribution in [1.82, 2.24) is 5.32 Å². The number of hydrogen-bond donors (Lipinski definition) is 2. The lowest BCUT2D eigenvalue weighted by atomic mass is 9.44. The summed E-state index contributed by atoms with van der Waals surface area (Å²) in [5.41, 5.74) is -5.96. The number of amides is 1. The quantitative estimate of drug-likeness (QED) is 0.363. The number of aliphatic hydroxyl groups is 1. The molecule has 5 fully saturated rings. The molecule has 0 unspecified atom stereocenters. The third-order valence-electron chi connectivity index (χ3n) is 12.0. The van der Waals surface area contributed by atoms with Crippen LogP contribution in [-0.4, -0.2) is 82.5 Å². The fourth-order valence-electron chi connectivity index (χ4n) is 10.1. The molecule has 0 aromatic carbocycles. The molecule has 48 heavy (non-hydrogen) atoms. The van der Waals surface area contributed by atoms with Crippen LogP contribution in [0.1, 0.15) is 99.8 Å². The molecule has 11 nitrogen and oxygen atoms in total. The van der Waals surface area contributed by atoms with Gasteiger partial charge in [0.25, 0.3) is 0 Å². The molecule has 6 rings (SSSR count). The summed E-state index contributed by atoms with van der Waals surface area (Å²) in [5, 5.41) is 14.6. The maximum Gasteiger partial charge on any atom is 0.509 e. The Hall–Kier alpha value is -2.83. The van der Waals surface area contributed by atoms with Gasteiger partial charge < -0.3 is 34.1 Å². The standard InChI is InChI=1S/C36H50FNO10/c1-31(2,3)47-29(42)38-24-10-8-9-11-25(24)45-30(43)44-19-27(41)36-28(46-32(4,5)48-36)17-23-22-13-12-20-16-21(39)14-15-33(20,6)35(22,37)26(40)18-34(23,36)7/h14-16,22-26,28,40H,8-13,17-19H2,1-7H3,(H,38,42)/t22-,23-,24-,25-,26-,28+,33-,34-,35-,36+/m0/s1. The summed E-state index contributed by atoms with van der Waals surface area (Å²) < 4.78 is 46.9. The fraction of sp³-hybridized carbons (Fsp3) is 0.778. The highest BCUT2D eigenvalue weighted by Gasteiger charge is 2.80. The second-order valence-corrected chi connectivity index (χ2v) is 16.5. The van der Waals surface area contributed by atoms with Gasteiger partial charge in [-0.15, -0.1) is 0 Å². The third-order valence-corrected chi connectivity index (χ3v) is 12.0. The Morgan fingerprint density at radius 1 is 1.08 bits per heavy atom. The lowest BCUT2D eigenvalue weighted by molar-refractivity contribution is -0.246. The summed E-state index contributed by atoms with van der Waals surface area (Å²) in [6.45, 7) is 11.6.